The van der Waals surface area contributed by atoms with E-state index in [1.54, 1.807) is 34.6 Å². The number of nitrogens with zero attached hydrogens (tertiary/aromatic N) is 2. The number of rotatable bonds is 8. The SMILES string of the molecule is CC(C)OC(=O)N[C@H]1CC[C@H](c2nc(C(F)(F)F)c(-c3ccc(Nc4ncco4)cc3S(=O)(=O)NC(C)(C)C)s2)CC1. The largest absolute Gasteiger partial charge is 0.447 e. The number of alkyl carbamates (subject to hydrolysis) is 1. The highest BCUT2D eigenvalue weighted by atomic mass is 32.2. The van der Waals surface area contributed by atoms with Crippen molar-refractivity contribution >= 4 is 39.2 Å². The van der Waals surface area contributed by atoms with Crippen molar-refractivity contribution in [1.29, 1.82) is 0 Å². The van der Waals surface area contributed by atoms with Gasteiger partial charge < -0.3 is 19.8 Å². The third-order valence-electron chi connectivity index (χ3n) is 6.29. The number of carbonyl (C=O) groups excluding carboxylic acids is 1. The number of oxazole rings is 1. The molecule has 10 nitrogen and oxygen atoms in total. The molecule has 1 amide bonds. The molecule has 42 heavy (non-hydrogen) atoms. The Balaban J connectivity index is 1.70. The minimum absolute atomic E-state index is 0.0912. The molecule has 4 rings (SSSR count). The first-order valence-electron chi connectivity index (χ1n) is 13.4. The molecule has 0 spiro atoms. The summed E-state index contributed by atoms with van der Waals surface area (Å²) in [6, 6.07) is 3.98. The monoisotopic (exact) mass is 629 g/mol. The molecule has 230 valence electrons. The van der Waals surface area contributed by atoms with Gasteiger partial charge in [0.2, 0.25) is 10.0 Å². The first-order valence-corrected chi connectivity index (χ1v) is 15.7. The second kappa shape index (κ2) is 12.2. The van der Waals surface area contributed by atoms with Crippen LogP contribution < -0.4 is 15.4 Å². The Morgan fingerprint density at radius 3 is 2.40 bits per heavy atom. The fourth-order valence-corrected chi connectivity index (χ4v) is 7.68. The molecule has 0 saturated heterocycles. The Hall–Kier alpha value is -3.17. The Bertz CT molecular complexity index is 1490. The summed E-state index contributed by atoms with van der Waals surface area (Å²) in [7, 11) is -4.29. The average Bonchev–Trinajstić information content (AvgIpc) is 3.53. The number of nitrogens with one attached hydrogen (secondary N) is 3. The number of hydrogen-bond donors (Lipinski definition) is 3. The van der Waals surface area contributed by atoms with E-state index in [0.29, 0.717) is 25.7 Å². The van der Waals surface area contributed by atoms with E-state index < -0.39 is 33.5 Å². The molecule has 2 aromatic heterocycles. The highest BCUT2D eigenvalue weighted by Crippen LogP contribution is 2.46. The fraction of sp³-hybridized carbons (Fsp3) is 0.519. The van der Waals surface area contributed by atoms with Gasteiger partial charge in [-0.3, -0.25) is 0 Å². The van der Waals surface area contributed by atoms with Crippen molar-refractivity contribution in [2.45, 2.75) is 95.0 Å². The van der Waals surface area contributed by atoms with Crippen LogP contribution in [0, 0.1) is 0 Å². The quantitative estimate of drug-likeness (QED) is 0.248. The number of hydrogen-bond acceptors (Lipinski definition) is 9. The van der Waals surface area contributed by atoms with Gasteiger partial charge in [0, 0.05) is 28.7 Å². The Morgan fingerprint density at radius 2 is 1.83 bits per heavy atom. The Morgan fingerprint density at radius 1 is 1.14 bits per heavy atom. The minimum Gasteiger partial charge on any atom is -0.447 e. The van der Waals surface area contributed by atoms with Crippen LogP contribution in [0.2, 0.25) is 0 Å². The smallest absolute Gasteiger partial charge is 0.434 e. The van der Waals surface area contributed by atoms with E-state index in [2.05, 4.69) is 25.3 Å². The standard InChI is InChI=1S/C27H34F3N5O5S2/c1-15(2)40-25(36)33-17-8-6-16(7-9-17)23-34-22(27(28,29)30)21(41-23)19-11-10-18(32-24-31-12-13-39-24)14-20(19)42(37,38)35-26(3,4)5/h10-17,35H,6-9H2,1-5H3,(H,31,32)(H,33,36)/t16-,17-. The molecule has 0 bridgehead atoms. The molecular formula is C27H34F3N5O5S2. The molecule has 0 radical (unpaired) electrons. The van der Waals surface area contributed by atoms with E-state index in [1.165, 1.54) is 30.7 Å². The first-order chi connectivity index (χ1) is 19.5. The lowest BCUT2D eigenvalue weighted by Gasteiger charge is -2.28. The summed E-state index contributed by atoms with van der Waals surface area (Å²) in [5.74, 6) is -0.275. The van der Waals surface area contributed by atoms with Crippen molar-refractivity contribution in [2.75, 3.05) is 5.32 Å². The lowest BCUT2D eigenvalue weighted by atomic mass is 9.86. The van der Waals surface area contributed by atoms with Crippen LogP contribution in [0.15, 0.2) is 40.0 Å². The van der Waals surface area contributed by atoms with Crippen LogP contribution in [-0.4, -0.2) is 42.2 Å². The van der Waals surface area contributed by atoms with Crippen LogP contribution in [0.4, 0.5) is 29.7 Å². The molecule has 15 heteroatoms. The van der Waals surface area contributed by atoms with Crippen LogP contribution >= 0.6 is 11.3 Å². The molecule has 0 aliphatic heterocycles. The second-order valence-electron chi connectivity index (χ2n) is 11.4. The number of sulfonamides is 1. The number of anilines is 2. The van der Waals surface area contributed by atoms with Gasteiger partial charge in [0.05, 0.1) is 27.1 Å². The van der Waals surface area contributed by atoms with Crippen molar-refractivity contribution in [3.63, 3.8) is 0 Å². The molecule has 1 aromatic carbocycles. The highest BCUT2D eigenvalue weighted by molar-refractivity contribution is 7.89. The van der Waals surface area contributed by atoms with Gasteiger partial charge in [-0.25, -0.2) is 27.9 Å². The summed E-state index contributed by atoms with van der Waals surface area (Å²) in [4.78, 5) is 19.3. The number of ether oxygens (including phenoxy) is 1. The number of halogens is 3. The minimum atomic E-state index is -4.82. The molecule has 1 fully saturated rings. The topological polar surface area (TPSA) is 135 Å². The number of carbonyl (C=O) groups is 1. The van der Waals surface area contributed by atoms with Crippen LogP contribution in [-0.2, 0) is 20.9 Å². The summed E-state index contributed by atoms with van der Waals surface area (Å²) < 4.78 is 82.9. The molecule has 2 heterocycles. The maximum Gasteiger partial charge on any atom is 0.434 e. The number of benzene rings is 1. The lowest BCUT2D eigenvalue weighted by Crippen LogP contribution is -2.40. The zero-order chi connectivity index (χ0) is 30.9. The zero-order valence-electron chi connectivity index (χ0n) is 23.8. The average molecular weight is 630 g/mol. The highest BCUT2D eigenvalue weighted by Gasteiger charge is 2.41. The van der Waals surface area contributed by atoms with Gasteiger partial charge in [-0.2, -0.15) is 13.2 Å². The van der Waals surface area contributed by atoms with Gasteiger partial charge in [-0.05, 0) is 72.4 Å². The molecule has 1 aliphatic carbocycles. The maximum atomic E-state index is 14.3. The van der Waals surface area contributed by atoms with Crippen LogP contribution in [0.1, 0.15) is 76.9 Å². The Kier molecular flexibility index (Phi) is 9.23. The zero-order valence-corrected chi connectivity index (χ0v) is 25.5. The van der Waals surface area contributed by atoms with E-state index in [1.807, 2.05) is 0 Å². The molecule has 1 aliphatic rings. The summed E-state index contributed by atoms with van der Waals surface area (Å²) in [5, 5.41) is 5.90. The molecular weight excluding hydrogens is 595 g/mol. The van der Waals surface area contributed by atoms with E-state index >= 15 is 0 Å². The van der Waals surface area contributed by atoms with Crippen molar-refractivity contribution in [3.05, 3.63) is 41.4 Å². The van der Waals surface area contributed by atoms with Crippen LogP contribution in [0.5, 0.6) is 0 Å². The number of alkyl halides is 3. The Labute approximate surface area is 246 Å². The maximum absolute atomic E-state index is 14.3. The van der Waals surface area contributed by atoms with Crippen molar-refractivity contribution in [1.82, 2.24) is 20.0 Å². The van der Waals surface area contributed by atoms with Gasteiger partial charge in [0.15, 0.2) is 5.69 Å². The van der Waals surface area contributed by atoms with Gasteiger partial charge in [0.25, 0.3) is 6.01 Å². The van der Waals surface area contributed by atoms with Gasteiger partial charge in [-0.1, -0.05) is 6.07 Å². The predicted octanol–water partition coefficient (Wildman–Crippen LogP) is 6.80. The summed E-state index contributed by atoms with van der Waals surface area (Å²) in [6.45, 7) is 8.40. The predicted molar refractivity (Wildman–Crippen MR) is 152 cm³/mol. The lowest BCUT2D eigenvalue weighted by molar-refractivity contribution is -0.140. The molecule has 3 aromatic rings. The fourth-order valence-electron chi connectivity index (χ4n) is 4.66. The van der Waals surface area contributed by atoms with Gasteiger partial charge >= 0.3 is 12.3 Å². The van der Waals surface area contributed by atoms with Crippen LogP contribution in [0.25, 0.3) is 10.4 Å². The number of amides is 1. The van der Waals surface area contributed by atoms with Crippen molar-refractivity contribution in [3.8, 4) is 10.4 Å². The van der Waals surface area contributed by atoms with E-state index in [-0.39, 0.29) is 50.1 Å². The molecule has 3 N–H and O–H groups in total. The third-order valence-corrected chi connectivity index (χ3v) is 9.34. The summed E-state index contributed by atoms with van der Waals surface area (Å²) in [5.41, 5.74) is -1.89. The van der Waals surface area contributed by atoms with Gasteiger partial charge in [0.1, 0.15) is 6.26 Å². The molecule has 1 saturated carbocycles. The molecule has 0 unspecified atom stereocenters. The first kappa shape index (κ1) is 31.8. The van der Waals surface area contributed by atoms with E-state index in [9.17, 15) is 26.4 Å². The summed E-state index contributed by atoms with van der Waals surface area (Å²) >= 11 is 0.842. The normalized spacial score (nSPS) is 18.2. The van der Waals surface area contributed by atoms with E-state index in [0.717, 1.165) is 11.3 Å². The van der Waals surface area contributed by atoms with Crippen molar-refractivity contribution in [2.24, 2.45) is 0 Å². The third kappa shape index (κ3) is 8.01. The number of aromatic nitrogens is 2. The summed E-state index contributed by atoms with van der Waals surface area (Å²) in [6.07, 6.45) is -0.793. The number of thiazole rings is 1. The second-order valence-corrected chi connectivity index (χ2v) is 14.1. The molecule has 0 atom stereocenters. The van der Waals surface area contributed by atoms with E-state index in [4.69, 9.17) is 9.15 Å². The van der Waals surface area contributed by atoms with Crippen molar-refractivity contribution < 1.29 is 35.5 Å². The van der Waals surface area contributed by atoms with Crippen LogP contribution in [0.3, 0.4) is 0 Å². The van der Waals surface area contributed by atoms with Gasteiger partial charge in [-0.15, -0.1) is 11.3 Å².